The van der Waals surface area contributed by atoms with Gasteiger partial charge in [0, 0.05) is 11.8 Å². The number of carbonyl (C=O) groups is 2. The zero-order chi connectivity index (χ0) is 25.9. The van der Waals surface area contributed by atoms with Gasteiger partial charge in [-0.3, -0.25) is 9.59 Å². The predicted molar refractivity (Wildman–Crippen MR) is 146 cm³/mol. The molecule has 190 valence electrons. The van der Waals surface area contributed by atoms with E-state index in [1.54, 1.807) is 0 Å². The second-order valence-corrected chi connectivity index (χ2v) is 11.8. The van der Waals surface area contributed by atoms with Crippen molar-refractivity contribution < 1.29 is 14.3 Å². The second kappa shape index (κ2) is 8.86. The molecule has 2 bridgehead atoms. The molecule has 4 nitrogen and oxygen atoms in total. The maximum atomic E-state index is 14.0. The molecule has 3 aromatic carbocycles. The van der Waals surface area contributed by atoms with Crippen LogP contribution >= 0.6 is 0 Å². The Morgan fingerprint density at radius 1 is 0.757 bits per heavy atom. The quantitative estimate of drug-likeness (QED) is 0.276. The Kier molecular flexibility index (Phi) is 5.74. The number of nitrogens with zero attached hydrogens (tertiary/aromatic N) is 1. The van der Waals surface area contributed by atoms with Gasteiger partial charge in [-0.25, -0.2) is 4.90 Å². The zero-order valence-electron chi connectivity index (χ0n) is 22.2. The first-order valence-electron chi connectivity index (χ1n) is 13.6. The van der Waals surface area contributed by atoms with E-state index in [0.717, 1.165) is 25.0 Å². The van der Waals surface area contributed by atoms with Crippen LogP contribution in [0.25, 0.3) is 0 Å². The van der Waals surface area contributed by atoms with Crippen molar-refractivity contribution in [2.75, 3.05) is 11.5 Å². The van der Waals surface area contributed by atoms with E-state index in [2.05, 4.69) is 70.2 Å². The number of ether oxygens (including phenoxy) is 1. The van der Waals surface area contributed by atoms with Gasteiger partial charge in [0.2, 0.25) is 11.8 Å². The molecule has 0 unspecified atom stereocenters. The number of imide groups is 1. The van der Waals surface area contributed by atoms with Gasteiger partial charge in [-0.1, -0.05) is 83.0 Å². The first kappa shape index (κ1) is 24.0. The Balaban J connectivity index is 1.38. The third kappa shape index (κ3) is 3.72. The highest BCUT2D eigenvalue weighted by molar-refractivity contribution is 6.23. The highest BCUT2D eigenvalue weighted by Crippen LogP contribution is 2.61. The summed E-state index contributed by atoms with van der Waals surface area (Å²) in [6.45, 7) is 9.50. The van der Waals surface area contributed by atoms with Gasteiger partial charge in [-0.2, -0.15) is 0 Å². The lowest BCUT2D eigenvalue weighted by molar-refractivity contribution is -0.122. The van der Waals surface area contributed by atoms with Crippen molar-refractivity contribution >= 4 is 17.5 Å². The molecule has 0 N–H and O–H groups in total. The van der Waals surface area contributed by atoms with Crippen molar-refractivity contribution in [1.29, 1.82) is 0 Å². The smallest absolute Gasteiger partial charge is 0.238 e. The molecule has 3 aromatic rings. The highest BCUT2D eigenvalue weighted by Gasteiger charge is 2.61. The lowest BCUT2D eigenvalue weighted by Crippen LogP contribution is -2.41. The summed E-state index contributed by atoms with van der Waals surface area (Å²) in [6.07, 6.45) is 3.31. The monoisotopic (exact) mass is 493 g/mol. The van der Waals surface area contributed by atoms with Crippen LogP contribution in [0.5, 0.6) is 5.75 Å². The van der Waals surface area contributed by atoms with E-state index in [4.69, 9.17) is 4.74 Å². The molecular weight excluding hydrogens is 458 g/mol. The summed E-state index contributed by atoms with van der Waals surface area (Å²) >= 11 is 0. The van der Waals surface area contributed by atoms with Crippen LogP contribution in [0.2, 0.25) is 0 Å². The van der Waals surface area contributed by atoms with Gasteiger partial charge in [0.1, 0.15) is 5.75 Å². The number of benzene rings is 3. The molecule has 1 fully saturated rings. The molecule has 0 saturated carbocycles. The first-order valence-corrected chi connectivity index (χ1v) is 13.6. The average molecular weight is 494 g/mol. The van der Waals surface area contributed by atoms with Crippen LogP contribution < -0.4 is 9.64 Å². The minimum Gasteiger partial charge on any atom is -0.494 e. The maximum absolute atomic E-state index is 14.0. The molecule has 0 spiro atoms. The Morgan fingerprint density at radius 2 is 1.35 bits per heavy atom. The summed E-state index contributed by atoms with van der Waals surface area (Å²) in [6, 6.07) is 22.6. The van der Waals surface area contributed by atoms with E-state index in [9.17, 15) is 9.59 Å². The first-order chi connectivity index (χ1) is 17.8. The average Bonchev–Trinajstić information content (AvgIpc) is 3.16. The van der Waals surface area contributed by atoms with Crippen LogP contribution in [0.1, 0.15) is 86.6 Å². The van der Waals surface area contributed by atoms with Crippen LogP contribution in [0.15, 0.2) is 66.7 Å². The van der Waals surface area contributed by atoms with Crippen molar-refractivity contribution in [2.45, 2.75) is 64.2 Å². The number of hydrogen-bond donors (Lipinski definition) is 0. The van der Waals surface area contributed by atoms with Gasteiger partial charge in [-0.05, 0) is 63.9 Å². The SMILES string of the molecule is CCCCCOc1ccc(N2C(=O)[C@@H]3[C@@H]4c5ccccc5[C@H](c5cc(C(C)(C)C)ccc54)[C@H]3C2=O)cc1. The number of hydrogen-bond acceptors (Lipinski definition) is 3. The summed E-state index contributed by atoms with van der Waals surface area (Å²) in [4.78, 5) is 29.5. The Labute approximate surface area is 219 Å². The predicted octanol–water partition coefficient (Wildman–Crippen LogP) is 6.95. The van der Waals surface area contributed by atoms with Gasteiger partial charge in [0.05, 0.1) is 24.1 Å². The zero-order valence-corrected chi connectivity index (χ0v) is 22.2. The number of unbranched alkanes of at least 4 members (excludes halogenated alkanes) is 2. The van der Waals surface area contributed by atoms with Crippen molar-refractivity contribution in [3.8, 4) is 5.75 Å². The molecule has 4 heteroatoms. The fourth-order valence-electron chi connectivity index (χ4n) is 6.68. The molecule has 4 atom stereocenters. The molecular formula is C33H35NO3. The summed E-state index contributed by atoms with van der Waals surface area (Å²) in [5.41, 5.74) is 6.72. The molecule has 3 aliphatic carbocycles. The molecule has 7 rings (SSSR count). The number of rotatable bonds is 6. The van der Waals surface area contributed by atoms with Gasteiger partial charge in [0.25, 0.3) is 0 Å². The molecule has 1 heterocycles. The van der Waals surface area contributed by atoms with Crippen molar-refractivity contribution in [3.05, 3.63) is 94.5 Å². The summed E-state index contributed by atoms with van der Waals surface area (Å²) in [5, 5.41) is 0. The van der Waals surface area contributed by atoms with E-state index < -0.39 is 0 Å². The van der Waals surface area contributed by atoms with Crippen molar-refractivity contribution in [3.63, 3.8) is 0 Å². The van der Waals surface area contributed by atoms with Crippen LogP contribution in [-0.4, -0.2) is 18.4 Å². The van der Waals surface area contributed by atoms with Crippen molar-refractivity contribution in [2.24, 2.45) is 11.8 Å². The normalized spacial score (nSPS) is 23.6. The van der Waals surface area contributed by atoms with E-state index in [1.807, 2.05) is 24.3 Å². The molecule has 1 saturated heterocycles. The Hall–Kier alpha value is -3.40. The van der Waals surface area contributed by atoms with Gasteiger partial charge in [-0.15, -0.1) is 0 Å². The third-order valence-corrected chi connectivity index (χ3v) is 8.52. The largest absolute Gasteiger partial charge is 0.494 e. The van der Waals surface area contributed by atoms with E-state index >= 15 is 0 Å². The van der Waals surface area contributed by atoms with Gasteiger partial charge >= 0.3 is 0 Å². The van der Waals surface area contributed by atoms with Gasteiger partial charge in [0.15, 0.2) is 0 Å². The number of amides is 2. The number of carbonyl (C=O) groups excluding carboxylic acids is 2. The summed E-state index contributed by atoms with van der Waals surface area (Å²) in [5.74, 6) is -0.343. The Morgan fingerprint density at radius 3 is 1.95 bits per heavy atom. The number of anilines is 1. The van der Waals surface area contributed by atoms with Crippen LogP contribution in [0.4, 0.5) is 5.69 Å². The second-order valence-electron chi connectivity index (χ2n) is 11.8. The molecule has 2 amide bonds. The minimum atomic E-state index is -0.375. The van der Waals surface area contributed by atoms with E-state index in [-0.39, 0.29) is 40.9 Å². The summed E-state index contributed by atoms with van der Waals surface area (Å²) in [7, 11) is 0. The topological polar surface area (TPSA) is 46.6 Å². The lowest BCUT2D eigenvalue weighted by atomic mass is 9.54. The maximum Gasteiger partial charge on any atom is 0.238 e. The molecule has 4 aliphatic rings. The Bertz CT molecular complexity index is 1370. The van der Waals surface area contributed by atoms with Gasteiger partial charge < -0.3 is 4.74 Å². The minimum absolute atomic E-state index is 0.00648. The van der Waals surface area contributed by atoms with Crippen molar-refractivity contribution in [1.82, 2.24) is 0 Å². The molecule has 0 aromatic heterocycles. The molecule has 1 aliphatic heterocycles. The third-order valence-electron chi connectivity index (χ3n) is 8.52. The van der Waals surface area contributed by atoms with E-state index in [0.29, 0.717) is 12.3 Å². The standard InChI is InChI=1S/C33H35NO3/c1-5-6-9-18-37-22-15-13-21(14-16-22)34-31(35)29-27-23-10-7-8-11-24(23)28(30(29)32(34)36)26-19-20(33(2,3)4)12-17-25(26)27/h7-8,10-17,19,27-30H,5-6,9,18H2,1-4H3/t27-,28-,29-,30-/m1/s1. The fraction of sp³-hybridized carbons (Fsp3) is 0.394. The fourth-order valence-corrected chi connectivity index (χ4v) is 6.68. The summed E-state index contributed by atoms with van der Waals surface area (Å²) < 4.78 is 5.85. The molecule has 0 radical (unpaired) electrons. The highest BCUT2D eigenvalue weighted by atomic mass is 16.5. The molecule has 37 heavy (non-hydrogen) atoms. The van der Waals surface area contributed by atoms with Crippen LogP contribution in [0, 0.1) is 11.8 Å². The van der Waals surface area contributed by atoms with Crippen LogP contribution in [0.3, 0.4) is 0 Å². The van der Waals surface area contributed by atoms with Crippen LogP contribution in [-0.2, 0) is 15.0 Å². The van der Waals surface area contributed by atoms with E-state index in [1.165, 1.54) is 32.7 Å². The lowest BCUT2D eigenvalue weighted by Gasteiger charge is -2.46.